The van der Waals surface area contributed by atoms with Crippen LogP contribution in [0.3, 0.4) is 0 Å². The molecule has 2 aromatic carbocycles. The van der Waals surface area contributed by atoms with Crippen molar-refractivity contribution in [3.63, 3.8) is 0 Å². The maximum atomic E-state index is 5.81. The Kier molecular flexibility index (Phi) is 5.97. The van der Waals surface area contributed by atoms with Crippen LogP contribution in [0.5, 0.6) is 0 Å². The fourth-order valence-electron chi connectivity index (χ4n) is 2.52. The van der Waals surface area contributed by atoms with Crippen LogP contribution in [0.15, 0.2) is 60.7 Å². The summed E-state index contributed by atoms with van der Waals surface area (Å²) in [7, 11) is 0. The molecule has 0 aliphatic heterocycles. The summed E-state index contributed by atoms with van der Waals surface area (Å²) < 4.78 is 11.4. The summed E-state index contributed by atoms with van der Waals surface area (Å²) in [4.78, 5) is 0. The van der Waals surface area contributed by atoms with Crippen molar-refractivity contribution >= 4 is 0 Å². The van der Waals surface area contributed by atoms with Crippen LogP contribution in [-0.2, 0) is 21.5 Å². The molecule has 2 aromatic rings. The molecule has 2 rings (SSSR count). The van der Waals surface area contributed by atoms with Gasteiger partial charge in [-0.05, 0) is 22.0 Å². The van der Waals surface area contributed by atoms with E-state index in [-0.39, 0.29) is 10.8 Å². The van der Waals surface area contributed by atoms with Gasteiger partial charge in [0.25, 0.3) is 0 Å². The molecule has 23 heavy (non-hydrogen) atoms. The van der Waals surface area contributed by atoms with Gasteiger partial charge in [0.2, 0.25) is 0 Å². The van der Waals surface area contributed by atoms with Crippen molar-refractivity contribution in [1.82, 2.24) is 0 Å². The highest BCUT2D eigenvalue weighted by molar-refractivity contribution is 5.26. The number of hydrogen-bond acceptors (Lipinski definition) is 2. The molecule has 0 radical (unpaired) electrons. The van der Waals surface area contributed by atoms with Gasteiger partial charge in [-0.25, -0.2) is 0 Å². The summed E-state index contributed by atoms with van der Waals surface area (Å²) >= 11 is 0. The van der Waals surface area contributed by atoms with Gasteiger partial charge in [0, 0.05) is 0 Å². The number of hydrogen-bond donors (Lipinski definition) is 0. The molecule has 2 heteroatoms. The van der Waals surface area contributed by atoms with Crippen molar-refractivity contribution in [3.05, 3.63) is 71.8 Å². The summed E-state index contributed by atoms with van der Waals surface area (Å²) in [5.74, 6) is 0. The zero-order valence-corrected chi connectivity index (χ0v) is 14.7. The topological polar surface area (TPSA) is 18.5 Å². The molecule has 0 aliphatic carbocycles. The Morgan fingerprint density at radius 3 is 1.91 bits per heavy atom. The average molecular weight is 312 g/mol. The van der Waals surface area contributed by atoms with E-state index in [1.165, 1.54) is 11.1 Å². The normalized spacial score (nSPS) is 12.3. The molecule has 0 fully saturated rings. The first-order valence-electron chi connectivity index (χ1n) is 8.18. The summed E-state index contributed by atoms with van der Waals surface area (Å²) in [5, 5.41) is 0. The molecular weight excluding hydrogens is 284 g/mol. The minimum absolute atomic E-state index is 0.00442. The average Bonchev–Trinajstić information content (AvgIpc) is 2.56. The number of benzene rings is 2. The molecular formula is C21H28O2. The predicted molar refractivity (Wildman–Crippen MR) is 95.3 cm³/mol. The third-order valence-corrected chi connectivity index (χ3v) is 4.93. The second-order valence-corrected chi connectivity index (χ2v) is 7.18. The fraction of sp³-hybridized carbons (Fsp3) is 0.429. The lowest BCUT2D eigenvalue weighted by atomic mass is 9.64. The zero-order chi connectivity index (χ0) is 16.8. The quantitative estimate of drug-likeness (QED) is 0.494. The second kappa shape index (κ2) is 7.76. The van der Waals surface area contributed by atoms with Crippen LogP contribution < -0.4 is 0 Å². The first-order chi connectivity index (χ1) is 10.9. The van der Waals surface area contributed by atoms with Gasteiger partial charge in [-0.3, -0.25) is 0 Å². The molecule has 0 saturated carbocycles. The van der Waals surface area contributed by atoms with Crippen molar-refractivity contribution in [2.75, 3.05) is 13.4 Å². The smallest absolute Gasteiger partial charge is 0.147 e. The molecule has 0 aromatic heterocycles. The molecule has 0 spiro atoms. The summed E-state index contributed by atoms with van der Waals surface area (Å²) in [6.07, 6.45) is 0. The summed E-state index contributed by atoms with van der Waals surface area (Å²) in [6, 6.07) is 20.8. The van der Waals surface area contributed by atoms with E-state index in [9.17, 15) is 0 Å². The third kappa shape index (κ3) is 4.66. The van der Waals surface area contributed by atoms with Crippen LogP contribution in [0.25, 0.3) is 0 Å². The molecule has 0 bridgehead atoms. The minimum Gasteiger partial charge on any atom is -0.355 e. The maximum absolute atomic E-state index is 5.81. The lowest BCUT2D eigenvalue weighted by Gasteiger charge is -2.42. The van der Waals surface area contributed by atoms with Gasteiger partial charge in [0.05, 0.1) is 13.2 Å². The standard InChI is InChI=1S/C21H28O2/c1-20(2,21(3,4)19-13-9-6-10-14-19)16-23-17-22-15-18-11-7-5-8-12-18/h5-14H,15-17H2,1-4H3. The van der Waals surface area contributed by atoms with Gasteiger partial charge in [0.1, 0.15) is 6.79 Å². The van der Waals surface area contributed by atoms with Crippen molar-refractivity contribution < 1.29 is 9.47 Å². The molecule has 0 unspecified atom stereocenters. The summed E-state index contributed by atoms with van der Waals surface area (Å²) in [6.45, 7) is 10.6. The molecule has 0 aliphatic rings. The molecule has 0 N–H and O–H groups in total. The van der Waals surface area contributed by atoms with E-state index >= 15 is 0 Å². The van der Waals surface area contributed by atoms with Crippen molar-refractivity contribution in [2.24, 2.45) is 5.41 Å². The SMILES string of the molecule is CC(C)(COCOCc1ccccc1)C(C)(C)c1ccccc1. The second-order valence-electron chi connectivity index (χ2n) is 7.18. The fourth-order valence-corrected chi connectivity index (χ4v) is 2.52. The van der Waals surface area contributed by atoms with Crippen LogP contribution in [0.4, 0.5) is 0 Å². The lowest BCUT2D eigenvalue weighted by molar-refractivity contribution is -0.0936. The highest BCUT2D eigenvalue weighted by Crippen LogP contribution is 2.41. The van der Waals surface area contributed by atoms with Gasteiger partial charge in [-0.1, -0.05) is 88.4 Å². The van der Waals surface area contributed by atoms with Crippen molar-refractivity contribution in [2.45, 2.75) is 39.7 Å². The Hall–Kier alpha value is -1.64. The van der Waals surface area contributed by atoms with Crippen LogP contribution in [0.2, 0.25) is 0 Å². The van der Waals surface area contributed by atoms with Crippen molar-refractivity contribution in [1.29, 1.82) is 0 Å². The van der Waals surface area contributed by atoms with E-state index in [2.05, 4.69) is 70.2 Å². The van der Waals surface area contributed by atoms with Crippen LogP contribution in [-0.4, -0.2) is 13.4 Å². The van der Waals surface area contributed by atoms with Crippen LogP contribution >= 0.6 is 0 Å². The molecule has 0 atom stereocenters. The molecule has 2 nitrogen and oxygen atoms in total. The van der Waals surface area contributed by atoms with Gasteiger partial charge >= 0.3 is 0 Å². The Bertz CT molecular complexity index is 573. The number of rotatable bonds is 8. The van der Waals surface area contributed by atoms with Crippen LogP contribution in [0, 0.1) is 5.41 Å². The largest absolute Gasteiger partial charge is 0.355 e. The van der Waals surface area contributed by atoms with E-state index in [0.29, 0.717) is 20.0 Å². The van der Waals surface area contributed by atoms with Gasteiger partial charge in [-0.15, -0.1) is 0 Å². The van der Waals surface area contributed by atoms with Gasteiger partial charge in [-0.2, -0.15) is 0 Å². The highest BCUT2D eigenvalue weighted by atomic mass is 16.7. The third-order valence-electron chi connectivity index (χ3n) is 4.93. The van der Waals surface area contributed by atoms with E-state index in [0.717, 1.165) is 0 Å². The zero-order valence-electron chi connectivity index (χ0n) is 14.7. The molecule has 0 amide bonds. The molecule has 124 valence electrons. The first kappa shape index (κ1) is 17.7. The highest BCUT2D eigenvalue weighted by Gasteiger charge is 2.38. The Labute approximate surface area is 140 Å². The van der Waals surface area contributed by atoms with E-state index < -0.39 is 0 Å². The summed E-state index contributed by atoms with van der Waals surface area (Å²) in [5.41, 5.74) is 2.52. The van der Waals surface area contributed by atoms with E-state index in [4.69, 9.17) is 9.47 Å². The monoisotopic (exact) mass is 312 g/mol. The van der Waals surface area contributed by atoms with Crippen molar-refractivity contribution in [3.8, 4) is 0 Å². The maximum Gasteiger partial charge on any atom is 0.147 e. The Morgan fingerprint density at radius 2 is 1.30 bits per heavy atom. The van der Waals surface area contributed by atoms with E-state index in [1.54, 1.807) is 0 Å². The predicted octanol–water partition coefficient (Wildman–Crippen LogP) is 5.18. The van der Waals surface area contributed by atoms with Crippen LogP contribution in [0.1, 0.15) is 38.8 Å². The first-order valence-corrected chi connectivity index (χ1v) is 8.18. The Balaban J connectivity index is 1.81. The Morgan fingerprint density at radius 1 is 0.739 bits per heavy atom. The lowest BCUT2D eigenvalue weighted by Crippen LogP contribution is -2.40. The molecule has 0 heterocycles. The number of ether oxygens (including phenoxy) is 2. The minimum atomic E-state index is 0.00442. The van der Waals surface area contributed by atoms with E-state index in [1.807, 2.05) is 18.2 Å². The molecule has 0 saturated heterocycles. The van der Waals surface area contributed by atoms with Gasteiger partial charge in [0.15, 0.2) is 0 Å². The van der Waals surface area contributed by atoms with Gasteiger partial charge < -0.3 is 9.47 Å².